The number of carbonyl (C=O) groups excluding carboxylic acids is 1. The van der Waals surface area contributed by atoms with Gasteiger partial charge in [-0.1, -0.05) is 0 Å². The summed E-state index contributed by atoms with van der Waals surface area (Å²) >= 11 is 3.28. The third kappa shape index (κ3) is 5.56. The summed E-state index contributed by atoms with van der Waals surface area (Å²) in [6.45, 7) is 1.76. The molecular formula is C11H15BrN2O4S. The van der Waals surface area contributed by atoms with Crippen molar-refractivity contribution in [2.45, 2.75) is 19.8 Å². The highest BCUT2D eigenvalue weighted by Crippen LogP contribution is 2.17. The van der Waals surface area contributed by atoms with Crippen LogP contribution in [-0.4, -0.2) is 32.2 Å². The number of halogens is 1. The second-order valence-corrected chi connectivity index (χ2v) is 6.56. The van der Waals surface area contributed by atoms with Crippen molar-refractivity contribution in [2.75, 3.05) is 17.6 Å². The van der Waals surface area contributed by atoms with Gasteiger partial charge in [-0.05, 0) is 41.4 Å². The van der Waals surface area contributed by atoms with Crippen molar-refractivity contribution in [3.8, 4) is 0 Å². The molecule has 0 aliphatic heterocycles. The number of nitrogens with one attached hydrogen (secondary N) is 1. The Balaban J connectivity index is 2.59. The van der Waals surface area contributed by atoms with Gasteiger partial charge in [0, 0.05) is 10.9 Å². The van der Waals surface area contributed by atoms with E-state index >= 15 is 0 Å². The molecule has 0 amide bonds. The van der Waals surface area contributed by atoms with Crippen LogP contribution in [0.3, 0.4) is 0 Å². The molecule has 0 spiro atoms. The molecule has 0 radical (unpaired) electrons. The summed E-state index contributed by atoms with van der Waals surface area (Å²) in [5.41, 5.74) is 0.690. The first kappa shape index (κ1) is 15.9. The molecule has 0 atom stereocenters. The molecule has 106 valence electrons. The smallest absolute Gasteiger partial charge is 0.305 e. The zero-order valence-corrected chi connectivity index (χ0v) is 13.0. The lowest BCUT2D eigenvalue weighted by Crippen LogP contribution is -2.18. The standard InChI is InChI=1S/C11H15BrN2O4S/c1-8-9(12)5-6-10(13-8)14-19(16,17)7-3-4-11(15)18-2/h5-6H,3-4,7H2,1-2H3,(H,13,14). The van der Waals surface area contributed by atoms with Crippen molar-refractivity contribution in [3.63, 3.8) is 0 Å². The Morgan fingerprint density at radius 3 is 2.74 bits per heavy atom. The van der Waals surface area contributed by atoms with Gasteiger partial charge in [0.05, 0.1) is 18.6 Å². The second kappa shape index (κ2) is 6.85. The van der Waals surface area contributed by atoms with Crippen molar-refractivity contribution in [3.05, 3.63) is 22.3 Å². The number of methoxy groups -OCH3 is 1. The summed E-state index contributed by atoms with van der Waals surface area (Å²) in [5.74, 6) is -0.314. The summed E-state index contributed by atoms with van der Waals surface area (Å²) in [6.07, 6.45) is 0.279. The van der Waals surface area contributed by atoms with Gasteiger partial charge in [0.25, 0.3) is 0 Å². The van der Waals surface area contributed by atoms with Gasteiger partial charge in [-0.2, -0.15) is 0 Å². The highest BCUT2D eigenvalue weighted by atomic mass is 79.9. The molecule has 1 aromatic heterocycles. The molecule has 1 heterocycles. The van der Waals surface area contributed by atoms with Gasteiger partial charge in [-0.3, -0.25) is 9.52 Å². The molecule has 6 nitrogen and oxygen atoms in total. The fourth-order valence-corrected chi connectivity index (χ4v) is 2.60. The van der Waals surface area contributed by atoms with Crippen LogP contribution in [0.2, 0.25) is 0 Å². The zero-order valence-electron chi connectivity index (χ0n) is 10.6. The molecule has 0 unspecified atom stereocenters. The lowest BCUT2D eigenvalue weighted by molar-refractivity contribution is -0.140. The summed E-state index contributed by atoms with van der Waals surface area (Å²) < 4.78 is 31.1. The van der Waals surface area contributed by atoms with E-state index in [4.69, 9.17) is 0 Å². The van der Waals surface area contributed by atoms with E-state index in [1.54, 1.807) is 19.1 Å². The minimum atomic E-state index is -3.50. The number of anilines is 1. The van der Waals surface area contributed by atoms with Crippen molar-refractivity contribution in [1.82, 2.24) is 4.98 Å². The Morgan fingerprint density at radius 2 is 2.16 bits per heavy atom. The number of esters is 1. The van der Waals surface area contributed by atoms with Crippen molar-refractivity contribution >= 4 is 37.7 Å². The van der Waals surface area contributed by atoms with E-state index in [2.05, 4.69) is 30.4 Å². The minimum Gasteiger partial charge on any atom is -0.469 e. The monoisotopic (exact) mass is 350 g/mol. The highest BCUT2D eigenvalue weighted by Gasteiger charge is 2.13. The number of pyridine rings is 1. The summed E-state index contributed by atoms with van der Waals surface area (Å²) in [4.78, 5) is 15.0. The normalized spacial score (nSPS) is 11.1. The quantitative estimate of drug-likeness (QED) is 0.791. The molecule has 1 aromatic rings. The third-order valence-electron chi connectivity index (χ3n) is 2.30. The fourth-order valence-electron chi connectivity index (χ4n) is 1.32. The van der Waals surface area contributed by atoms with Crippen LogP contribution < -0.4 is 4.72 Å². The van der Waals surface area contributed by atoms with Gasteiger partial charge < -0.3 is 4.74 Å². The van der Waals surface area contributed by atoms with Crippen LogP contribution in [0.1, 0.15) is 18.5 Å². The molecule has 0 aliphatic carbocycles. The molecule has 0 aliphatic rings. The van der Waals surface area contributed by atoms with Crippen LogP contribution in [0.15, 0.2) is 16.6 Å². The van der Waals surface area contributed by atoms with Gasteiger partial charge >= 0.3 is 5.97 Å². The number of aryl methyl sites for hydroxylation is 1. The van der Waals surface area contributed by atoms with E-state index in [1.807, 2.05) is 0 Å². The fraction of sp³-hybridized carbons (Fsp3) is 0.455. The van der Waals surface area contributed by atoms with Gasteiger partial charge in [-0.15, -0.1) is 0 Å². The maximum Gasteiger partial charge on any atom is 0.305 e. The summed E-state index contributed by atoms with van der Waals surface area (Å²) in [7, 11) is -2.24. The van der Waals surface area contributed by atoms with Crippen LogP contribution >= 0.6 is 15.9 Å². The van der Waals surface area contributed by atoms with Gasteiger partial charge in [-0.25, -0.2) is 13.4 Å². The van der Waals surface area contributed by atoms with E-state index in [1.165, 1.54) is 7.11 Å². The van der Waals surface area contributed by atoms with Gasteiger partial charge in [0.1, 0.15) is 5.82 Å². The minimum absolute atomic E-state index is 0.0736. The van der Waals surface area contributed by atoms with Gasteiger partial charge in [0.15, 0.2) is 0 Å². The van der Waals surface area contributed by atoms with Crippen LogP contribution in [0.4, 0.5) is 5.82 Å². The number of hydrogen-bond acceptors (Lipinski definition) is 5. The third-order valence-corrected chi connectivity index (χ3v) is 4.49. The number of nitrogens with zero attached hydrogens (tertiary/aromatic N) is 1. The molecule has 0 bridgehead atoms. The summed E-state index contributed by atoms with van der Waals surface area (Å²) in [6, 6.07) is 3.28. The Kier molecular flexibility index (Phi) is 5.74. The molecule has 1 rings (SSSR count). The van der Waals surface area contributed by atoms with E-state index in [9.17, 15) is 13.2 Å². The number of sulfonamides is 1. The number of carbonyl (C=O) groups is 1. The van der Waals surface area contributed by atoms with Crippen LogP contribution in [0, 0.1) is 6.92 Å². The molecule has 19 heavy (non-hydrogen) atoms. The maximum absolute atomic E-state index is 11.8. The molecule has 8 heteroatoms. The van der Waals surface area contributed by atoms with E-state index in [0.717, 1.165) is 4.47 Å². The van der Waals surface area contributed by atoms with E-state index < -0.39 is 16.0 Å². The molecule has 1 N–H and O–H groups in total. The number of hydrogen-bond donors (Lipinski definition) is 1. The second-order valence-electron chi connectivity index (χ2n) is 3.86. The predicted molar refractivity (Wildman–Crippen MR) is 75.3 cm³/mol. The van der Waals surface area contributed by atoms with Crippen molar-refractivity contribution in [1.29, 1.82) is 0 Å². The number of rotatable bonds is 6. The zero-order chi connectivity index (χ0) is 14.5. The van der Waals surface area contributed by atoms with E-state index in [0.29, 0.717) is 5.69 Å². The molecule has 0 saturated heterocycles. The topological polar surface area (TPSA) is 85.4 Å². The predicted octanol–water partition coefficient (Wildman–Crippen LogP) is 1.85. The average molecular weight is 351 g/mol. The van der Waals surface area contributed by atoms with Crippen molar-refractivity contribution < 1.29 is 17.9 Å². The molecular weight excluding hydrogens is 336 g/mol. The van der Waals surface area contributed by atoms with E-state index in [-0.39, 0.29) is 24.4 Å². The Labute approximate surface area is 120 Å². The Bertz CT molecular complexity index is 560. The van der Waals surface area contributed by atoms with Crippen LogP contribution in [-0.2, 0) is 19.6 Å². The maximum atomic E-state index is 11.8. The molecule has 0 saturated carbocycles. The van der Waals surface area contributed by atoms with Crippen LogP contribution in [0.5, 0.6) is 0 Å². The number of ether oxygens (including phenoxy) is 1. The van der Waals surface area contributed by atoms with Crippen molar-refractivity contribution in [2.24, 2.45) is 0 Å². The molecule has 0 fully saturated rings. The summed E-state index contributed by atoms with van der Waals surface area (Å²) in [5, 5.41) is 0. The number of aromatic nitrogens is 1. The lowest BCUT2D eigenvalue weighted by atomic mass is 10.3. The largest absolute Gasteiger partial charge is 0.469 e. The SMILES string of the molecule is COC(=O)CCCS(=O)(=O)Nc1ccc(Br)c(C)n1. The Morgan fingerprint density at radius 1 is 1.47 bits per heavy atom. The highest BCUT2D eigenvalue weighted by molar-refractivity contribution is 9.10. The first-order valence-electron chi connectivity index (χ1n) is 5.54. The van der Waals surface area contributed by atoms with Crippen LogP contribution in [0.25, 0.3) is 0 Å². The van der Waals surface area contributed by atoms with Gasteiger partial charge in [0.2, 0.25) is 10.0 Å². The average Bonchev–Trinajstić information content (AvgIpc) is 2.33. The first-order chi connectivity index (χ1) is 8.84. The first-order valence-corrected chi connectivity index (χ1v) is 7.99. The lowest BCUT2D eigenvalue weighted by Gasteiger charge is -2.08. The Hall–Kier alpha value is -1.15. The molecule has 0 aromatic carbocycles.